The number of hydrogen-bond donors (Lipinski definition) is 2. The third kappa shape index (κ3) is 5.67. The highest BCUT2D eigenvalue weighted by Crippen LogP contribution is 2.25. The van der Waals surface area contributed by atoms with Gasteiger partial charge in [-0.2, -0.15) is 0 Å². The first-order chi connectivity index (χ1) is 16.4. The van der Waals surface area contributed by atoms with Gasteiger partial charge in [-0.25, -0.2) is 4.79 Å². The number of hydrogen-bond acceptors (Lipinski definition) is 5. The molecule has 0 unspecified atom stereocenters. The molecular weight excluding hydrogens is 460 g/mol. The van der Waals surface area contributed by atoms with E-state index < -0.39 is 6.04 Å². The summed E-state index contributed by atoms with van der Waals surface area (Å²) in [6, 6.07) is 12.7. The number of morpholine rings is 1. The van der Waals surface area contributed by atoms with Crippen molar-refractivity contribution >= 4 is 46.5 Å². The summed E-state index contributed by atoms with van der Waals surface area (Å²) in [5.74, 6) is -0.401. The molecule has 0 aromatic heterocycles. The highest BCUT2D eigenvalue weighted by atomic mass is 35.5. The Morgan fingerprint density at radius 3 is 2.44 bits per heavy atom. The SMILES string of the molecule is CCO[C@@H]1C[C@H](C(=O)Nc2ccc(N3CCOCC3=O)cc2)N(C(=O)Nc2ccc(Cl)cc2)C1. The van der Waals surface area contributed by atoms with Crippen LogP contribution in [0.15, 0.2) is 48.5 Å². The van der Waals surface area contributed by atoms with Gasteiger partial charge in [-0.05, 0) is 55.5 Å². The minimum absolute atomic E-state index is 0.0646. The molecule has 2 saturated heterocycles. The van der Waals surface area contributed by atoms with Crippen molar-refractivity contribution < 1.29 is 23.9 Å². The van der Waals surface area contributed by atoms with Gasteiger partial charge in [0.1, 0.15) is 12.6 Å². The van der Waals surface area contributed by atoms with Gasteiger partial charge in [-0.1, -0.05) is 11.6 Å². The van der Waals surface area contributed by atoms with E-state index in [1.165, 1.54) is 4.90 Å². The maximum absolute atomic E-state index is 13.1. The summed E-state index contributed by atoms with van der Waals surface area (Å²) in [7, 11) is 0. The monoisotopic (exact) mass is 486 g/mol. The van der Waals surface area contributed by atoms with Crippen LogP contribution in [0.25, 0.3) is 0 Å². The summed E-state index contributed by atoms with van der Waals surface area (Å²) < 4.78 is 10.9. The van der Waals surface area contributed by atoms with Gasteiger partial charge in [0.15, 0.2) is 0 Å². The van der Waals surface area contributed by atoms with Crippen molar-refractivity contribution in [2.45, 2.75) is 25.5 Å². The number of nitrogens with one attached hydrogen (secondary N) is 2. The van der Waals surface area contributed by atoms with Crippen LogP contribution in [0.1, 0.15) is 13.3 Å². The first-order valence-corrected chi connectivity index (χ1v) is 11.6. The number of carbonyl (C=O) groups excluding carboxylic acids is 3. The Morgan fingerprint density at radius 2 is 1.76 bits per heavy atom. The molecule has 2 atom stereocenters. The molecule has 0 saturated carbocycles. The summed E-state index contributed by atoms with van der Waals surface area (Å²) in [6.45, 7) is 3.72. The van der Waals surface area contributed by atoms with Gasteiger partial charge in [0.25, 0.3) is 5.91 Å². The molecule has 34 heavy (non-hydrogen) atoms. The average molecular weight is 487 g/mol. The summed E-state index contributed by atoms with van der Waals surface area (Å²) in [5, 5.41) is 6.26. The fourth-order valence-electron chi connectivity index (χ4n) is 4.10. The van der Waals surface area contributed by atoms with Crippen molar-refractivity contribution in [3.05, 3.63) is 53.6 Å². The van der Waals surface area contributed by atoms with Crippen LogP contribution >= 0.6 is 11.6 Å². The zero-order valence-electron chi connectivity index (χ0n) is 18.8. The van der Waals surface area contributed by atoms with Gasteiger partial charge in [-0.3, -0.25) is 9.59 Å². The van der Waals surface area contributed by atoms with E-state index >= 15 is 0 Å². The van der Waals surface area contributed by atoms with Gasteiger partial charge < -0.3 is 29.9 Å². The lowest BCUT2D eigenvalue weighted by Gasteiger charge is -2.27. The Balaban J connectivity index is 1.43. The van der Waals surface area contributed by atoms with Crippen molar-refractivity contribution in [2.75, 3.05) is 48.4 Å². The van der Waals surface area contributed by atoms with Crippen molar-refractivity contribution in [1.29, 1.82) is 0 Å². The zero-order valence-corrected chi connectivity index (χ0v) is 19.6. The molecular formula is C24H27ClN4O5. The molecule has 2 aromatic carbocycles. The van der Waals surface area contributed by atoms with Crippen LogP contribution in [0.2, 0.25) is 5.02 Å². The third-order valence-corrected chi connectivity index (χ3v) is 6.01. The second-order valence-electron chi connectivity index (χ2n) is 8.05. The number of benzene rings is 2. The van der Waals surface area contributed by atoms with Crippen molar-refractivity contribution in [3.8, 4) is 0 Å². The van der Waals surface area contributed by atoms with Crippen LogP contribution in [0.5, 0.6) is 0 Å². The maximum Gasteiger partial charge on any atom is 0.322 e. The van der Waals surface area contributed by atoms with E-state index in [0.717, 1.165) is 5.69 Å². The Kier molecular flexibility index (Phi) is 7.66. The number of ether oxygens (including phenoxy) is 2. The molecule has 10 heteroatoms. The molecule has 2 aromatic rings. The lowest BCUT2D eigenvalue weighted by Crippen LogP contribution is -2.45. The summed E-state index contributed by atoms with van der Waals surface area (Å²) in [4.78, 5) is 41.3. The van der Waals surface area contributed by atoms with E-state index in [2.05, 4.69) is 10.6 Å². The first kappa shape index (κ1) is 24.0. The molecule has 9 nitrogen and oxygen atoms in total. The molecule has 0 bridgehead atoms. The van der Waals surface area contributed by atoms with Crippen molar-refractivity contribution in [2.24, 2.45) is 0 Å². The smallest absolute Gasteiger partial charge is 0.322 e. The van der Waals surface area contributed by atoms with Crippen molar-refractivity contribution in [3.63, 3.8) is 0 Å². The molecule has 180 valence electrons. The molecule has 2 heterocycles. The molecule has 2 N–H and O–H groups in total. The number of anilines is 3. The van der Waals surface area contributed by atoms with Crippen LogP contribution in [0.4, 0.5) is 21.9 Å². The van der Waals surface area contributed by atoms with E-state index in [1.54, 1.807) is 53.4 Å². The second kappa shape index (κ2) is 10.9. The molecule has 0 spiro atoms. The van der Waals surface area contributed by atoms with Crippen molar-refractivity contribution in [1.82, 2.24) is 4.90 Å². The van der Waals surface area contributed by atoms with E-state index in [1.807, 2.05) is 6.92 Å². The Morgan fingerprint density at radius 1 is 1.09 bits per heavy atom. The zero-order chi connectivity index (χ0) is 24.1. The topological polar surface area (TPSA) is 100 Å². The largest absolute Gasteiger partial charge is 0.377 e. The fraction of sp³-hybridized carbons (Fsp3) is 0.375. The molecule has 0 aliphatic carbocycles. The lowest BCUT2D eigenvalue weighted by atomic mass is 10.1. The Labute approximate surface area is 202 Å². The van der Waals surface area contributed by atoms with Gasteiger partial charge in [0, 0.05) is 48.2 Å². The molecule has 2 aliphatic rings. The van der Waals surface area contributed by atoms with E-state index in [4.69, 9.17) is 21.1 Å². The molecule has 2 fully saturated rings. The predicted molar refractivity (Wildman–Crippen MR) is 129 cm³/mol. The number of carbonyl (C=O) groups is 3. The van der Waals surface area contributed by atoms with Gasteiger partial charge in [0.05, 0.1) is 12.7 Å². The summed E-state index contributed by atoms with van der Waals surface area (Å²) >= 11 is 5.91. The van der Waals surface area contributed by atoms with Gasteiger partial charge in [0.2, 0.25) is 5.91 Å². The van der Waals surface area contributed by atoms with Crippen LogP contribution < -0.4 is 15.5 Å². The second-order valence-corrected chi connectivity index (χ2v) is 8.49. The minimum atomic E-state index is -0.690. The predicted octanol–water partition coefficient (Wildman–Crippen LogP) is 3.35. The fourth-order valence-corrected chi connectivity index (χ4v) is 4.22. The van der Waals surface area contributed by atoms with Crippen LogP contribution in [0, 0.1) is 0 Å². The number of halogens is 1. The Bertz CT molecular complexity index is 1030. The standard InChI is InChI=1S/C24H27ClN4O5/c1-2-34-20-13-21(29(14-20)24(32)27-18-5-3-16(25)4-6-18)23(31)26-17-7-9-19(10-8-17)28-11-12-33-15-22(28)30/h3-10,20-21H,2,11-15H2,1H3,(H,26,31)(H,27,32)/t20-,21-/m1/s1. The number of likely N-dealkylation sites (tertiary alicyclic amines) is 1. The van der Waals surface area contributed by atoms with Crippen LogP contribution in [-0.4, -0.2) is 67.8 Å². The van der Waals surface area contributed by atoms with Gasteiger partial charge in [-0.15, -0.1) is 0 Å². The van der Waals surface area contributed by atoms with E-state index in [9.17, 15) is 14.4 Å². The molecule has 4 amide bonds. The van der Waals surface area contributed by atoms with Gasteiger partial charge >= 0.3 is 6.03 Å². The highest BCUT2D eigenvalue weighted by molar-refractivity contribution is 6.30. The lowest BCUT2D eigenvalue weighted by molar-refractivity contribution is -0.125. The van der Waals surface area contributed by atoms with Crippen LogP contribution in [0.3, 0.4) is 0 Å². The number of rotatable bonds is 6. The quantitative estimate of drug-likeness (QED) is 0.652. The number of amides is 4. The third-order valence-electron chi connectivity index (χ3n) is 5.76. The molecule has 2 aliphatic heterocycles. The summed E-state index contributed by atoms with van der Waals surface area (Å²) in [6.07, 6.45) is 0.167. The molecule has 4 rings (SSSR count). The average Bonchev–Trinajstić information content (AvgIpc) is 3.26. The first-order valence-electron chi connectivity index (χ1n) is 11.2. The maximum atomic E-state index is 13.1. The molecule has 0 radical (unpaired) electrons. The van der Waals surface area contributed by atoms with Crippen LogP contribution in [-0.2, 0) is 19.1 Å². The normalized spacial score (nSPS) is 20.4. The van der Waals surface area contributed by atoms with E-state index in [-0.39, 0.29) is 30.6 Å². The van der Waals surface area contributed by atoms with E-state index in [0.29, 0.717) is 49.1 Å². The highest BCUT2D eigenvalue weighted by Gasteiger charge is 2.40. The Hall–Kier alpha value is -3.14. The minimum Gasteiger partial charge on any atom is -0.377 e. The number of urea groups is 1. The number of nitrogens with zero attached hydrogens (tertiary/aromatic N) is 2. The summed E-state index contributed by atoms with van der Waals surface area (Å²) in [5.41, 5.74) is 1.90.